The molecule has 2 aromatic rings. The van der Waals surface area contributed by atoms with Gasteiger partial charge in [-0.05, 0) is 55.5 Å². The first-order valence-corrected chi connectivity index (χ1v) is 6.94. The molecule has 0 saturated carbocycles. The fraction of sp³-hybridized carbons (Fsp3) is 0.167. The van der Waals surface area contributed by atoms with Gasteiger partial charge in [0.15, 0.2) is 6.10 Å². The van der Waals surface area contributed by atoms with Gasteiger partial charge >= 0.3 is 5.97 Å². The van der Waals surface area contributed by atoms with Gasteiger partial charge in [-0.2, -0.15) is 5.26 Å². The van der Waals surface area contributed by atoms with Crippen molar-refractivity contribution >= 4 is 11.8 Å². The lowest BCUT2D eigenvalue weighted by Gasteiger charge is -2.12. The average Bonchev–Trinajstić information content (AvgIpc) is 2.61. The first kappa shape index (κ1) is 16.2. The molecule has 5 nitrogen and oxygen atoms in total. The van der Waals surface area contributed by atoms with Crippen LogP contribution in [0.4, 0.5) is 0 Å². The fourth-order valence-corrected chi connectivity index (χ4v) is 1.95. The molecule has 0 amide bonds. The Morgan fingerprint density at radius 1 is 1.00 bits per heavy atom. The minimum absolute atomic E-state index is 0.290. The van der Waals surface area contributed by atoms with Crippen molar-refractivity contribution in [1.82, 2.24) is 0 Å². The normalized spacial score (nSPS) is 11.2. The molecular weight excluding hydrogens is 294 g/mol. The smallest absolute Gasteiger partial charge is 0.338 e. The minimum Gasteiger partial charge on any atom is -0.497 e. The van der Waals surface area contributed by atoms with Crippen LogP contribution in [0, 0.1) is 11.3 Å². The van der Waals surface area contributed by atoms with Crippen LogP contribution in [0.5, 0.6) is 5.75 Å². The Hall–Kier alpha value is -3.13. The molecule has 116 valence electrons. The number of hydrogen-bond donors (Lipinski definition) is 0. The molecule has 0 unspecified atom stereocenters. The second-order valence-electron chi connectivity index (χ2n) is 4.83. The van der Waals surface area contributed by atoms with Crippen LogP contribution in [-0.2, 0) is 4.74 Å². The number of carbonyl (C=O) groups is 2. The third-order valence-corrected chi connectivity index (χ3v) is 3.28. The van der Waals surface area contributed by atoms with E-state index in [-0.39, 0.29) is 5.78 Å². The minimum atomic E-state index is -0.911. The first-order valence-electron chi connectivity index (χ1n) is 6.94. The van der Waals surface area contributed by atoms with Crippen LogP contribution in [0.2, 0.25) is 0 Å². The summed E-state index contributed by atoms with van der Waals surface area (Å²) in [5.74, 6) is -0.262. The lowest BCUT2D eigenvalue weighted by atomic mass is 10.1. The highest BCUT2D eigenvalue weighted by Crippen LogP contribution is 2.15. The van der Waals surface area contributed by atoms with E-state index in [2.05, 4.69) is 0 Å². The SMILES string of the molecule is COc1ccc(C(=O)[C@@H](C)OC(=O)c2ccc(C#N)cc2)cc1. The van der Waals surface area contributed by atoms with Crippen LogP contribution < -0.4 is 4.74 Å². The number of nitriles is 1. The molecule has 0 spiro atoms. The highest BCUT2D eigenvalue weighted by atomic mass is 16.5. The van der Waals surface area contributed by atoms with E-state index in [0.717, 1.165) is 0 Å². The van der Waals surface area contributed by atoms with E-state index in [9.17, 15) is 9.59 Å². The third-order valence-electron chi connectivity index (χ3n) is 3.28. The van der Waals surface area contributed by atoms with E-state index >= 15 is 0 Å². The summed E-state index contributed by atoms with van der Waals surface area (Å²) in [6, 6.07) is 14.6. The predicted octanol–water partition coefficient (Wildman–Crippen LogP) is 3.00. The highest BCUT2D eigenvalue weighted by Gasteiger charge is 2.20. The van der Waals surface area contributed by atoms with E-state index in [0.29, 0.717) is 22.4 Å². The van der Waals surface area contributed by atoms with Gasteiger partial charge in [0.2, 0.25) is 5.78 Å². The summed E-state index contributed by atoms with van der Waals surface area (Å²) in [4.78, 5) is 24.3. The van der Waals surface area contributed by atoms with Gasteiger partial charge in [-0.1, -0.05) is 0 Å². The molecule has 0 saturated heterocycles. The summed E-state index contributed by atoms with van der Waals surface area (Å²) in [5.41, 5.74) is 1.17. The van der Waals surface area contributed by atoms with Crippen LogP contribution >= 0.6 is 0 Å². The standard InChI is InChI=1S/C18H15NO4/c1-12(17(20)14-7-9-16(22-2)10-8-14)23-18(21)15-5-3-13(11-19)4-6-15/h3-10,12H,1-2H3/t12-/m1/s1. The topological polar surface area (TPSA) is 76.4 Å². The molecule has 2 rings (SSSR count). The molecule has 0 radical (unpaired) electrons. The molecule has 2 aromatic carbocycles. The molecule has 0 heterocycles. The number of hydrogen-bond acceptors (Lipinski definition) is 5. The largest absolute Gasteiger partial charge is 0.497 e. The Labute approximate surface area is 134 Å². The number of ketones is 1. The number of ether oxygens (including phenoxy) is 2. The molecule has 1 atom stereocenters. The van der Waals surface area contributed by atoms with Crippen LogP contribution in [0.3, 0.4) is 0 Å². The molecule has 5 heteroatoms. The molecule has 0 bridgehead atoms. The maximum absolute atomic E-state index is 12.3. The summed E-state index contributed by atoms with van der Waals surface area (Å²) < 4.78 is 10.2. The lowest BCUT2D eigenvalue weighted by molar-refractivity contribution is 0.0319. The monoisotopic (exact) mass is 309 g/mol. The zero-order valence-electron chi connectivity index (χ0n) is 12.8. The van der Waals surface area contributed by atoms with E-state index < -0.39 is 12.1 Å². The van der Waals surface area contributed by atoms with E-state index in [1.54, 1.807) is 31.4 Å². The van der Waals surface area contributed by atoms with Gasteiger partial charge in [-0.15, -0.1) is 0 Å². The summed E-state index contributed by atoms with van der Waals surface area (Å²) in [6.45, 7) is 1.52. The molecule has 0 aliphatic heterocycles. The van der Waals surface area contributed by atoms with Crippen molar-refractivity contribution in [2.45, 2.75) is 13.0 Å². The van der Waals surface area contributed by atoms with Crippen LogP contribution in [0.25, 0.3) is 0 Å². The van der Waals surface area contributed by atoms with Gasteiger partial charge in [-0.25, -0.2) is 4.79 Å². The first-order chi connectivity index (χ1) is 11.0. The van der Waals surface area contributed by atoms with Crippen molar-refractivity contribution in [2.24, 2.45) is 0 Å². The van der Waals surface area contributed by atoms with E-state index in [1.165, 1.54) is 31.2 Å². The zero-order valence-corrected chi connectivity index (χ0v) is 12.8. The van der Waals surface area contributed by atoms with Gasteiger partial charge in [0.05, 0.1) is 24.3 Å². The van der Waals surface area contributed by atoms with Gasteiger partial charge in [-0.3, -0.25) is 4.79 Å². The van der Waals surface area contributed by atoms with Gasteiger partial charge in [0.1, 0.15) is 5.75 Å². The van der Waals surface area contributed by atoms with E-state index in [1.807, 2.05) is 6.07 Å². The molecular formula is C18H15NO4. The third kappa shape index (κ3) is 3.95. The van der Waals surface area contributed by atoms with Crippen LogP contribution in [0.15, 0.2) is 48.5 Å². The Morgan fingerprint density at radius 3 is 2.09 bits per heavy atom. The van der Waals surface area contributed by atoms with Crippen LogP contribution in [0.1, 0.15) is 33.2 Å². The number of esters is 1. The number of benzene rings is 2. The zero-order chi connectivity index (χ0) is 16.8. The summed E-state index contributed by atoms with van der Waals surface area (Å²) in [7, 11) is 1.54. The summed E-state index contributed by atoms with van der Waals surface area (Å²) in [6.07, 6.45) is -0.911. The fourth-order valence-electron chi connectivity index (χ4n) is 1.95. The number of carbonyl (C=O) groups excluding carboxylic acids is 2. The Bertz CT molecular complexity index is 742. The molecule has 0 aliphatic rings. The molecule has 0 aliphatic carbocycles. The molecule has 0 aromatic heterocycles. The maximum Gasteiger partial charge on any atom is 0.338 e. The van der Waals surface area contributed by atoms with Crippen LogP contribution in [-0.4, -0.2) is 25.0 Å². The number of rotatable bonds is 5. The summed E-state index contributed by atoms with van der Waals surface area (Å²) in [5, 5.41) is 8.73. The Kier molecular flexibility index (Phi) is 5.11. The Balaban J connectivity index is 2.04. The van der Waals surface area contributed by atoms with Crippen molar-refractivity contribution in [3.63, 3.8) is 0 Å². The van der Waals surface area contributed by atoms with Gasteiger partial charge in [0, 0.05) is 5.56 Å². The van der Waals surface area contributed by atoms with Crippen molar-refractivity contribution in [2.75, 3.05) is 7.11 Å². The number of nitrogens with zero attached hydrogens (tertiary/aromatic N) is 1. The lowest BCUT2D eigenvalue weighted by Crippen LogP contribution is -2.24. The number of methoxy groups -OCH3 is 1. The maximum atomic E-state index is 12.3. The van der Waals surface area contributed by atoms with Crippen molar-refractivity contribution in [3.05, 3.63) is 65.2 Å². The predicted molar refractivity (Wildman–Crippen MR) is 83.4 cm³/mol. The van der Waals surface area contributed by atoms with Gasteiger partial charge in [0.25, 0.3) is 0 Å². The second kappa shape index (κ2) is 7.23. The molecule has 0 fully saturated rings. The van der Waals surface area contributed by atoms with Crippen molar-refractivity contribution < 1.29 is 19.1 Å². The quantitative estimate of drug-likeness (QED) is 0.627. The number of Topliss-reactive ketones (excluding diaryl/α,β-unsaturated/α-hetero) is 1. The Morgan fingerprint density at radius 2 is 1.57 bits per heavy atom. The highest BCUT2D eigenvalue weighted by molar-refractivity contribution is 6.01. The average molecular weight is 309 g/mol. The molecule has 0 N–H and O–H groups in total. The second-order valence-corrected chi connectivity index (χ2v) is 4.83. The van der Waals surface area contributed by atoms with E-state index in [4.69, 9.17) is 14.7 Å². The summed E-state index contributed by atoms with van der Waals surface area (Å²) >= 11 is 0. The van der Waals surface area contributed by atoms with Crippen molar-refractivity contribution in [1.29, 1.82) is 5.26 Å². The van der Waals surface area contributed by atoms with Crippen molar-refractivity contribution in [3.8, 4) is 11.8 Å². The molecule has 23 heavy (non-hydrogen) atoms. The van der Waals surface area contributed by atoms with Gasteiger partial charge < -0.3 is 9.47 Å².